The summed E-state index contributed by atoms with van der Waals surface area (Å²) in [5.41, 5.74) is 0. The lowest BCUT2D eigenvalue weighted by Gasteiger charge is -2.22. The zero-order chi connectivity index (χ0) is 11.2. The van der Waals surface area contributed by atoms with Crippen LogP contribution in [0.15, 0.2) is 0 Å². The van der Waals surface area contributed by atoms with Crippen molar-refractivity contribution >= 4 is 9.84 Å². The molecule has 0 atom stereocenters. The summed E-state index contributed by atoms with van der Waals surface area (Å²) in [5.74, 6) is 2.54. The third-order valence-electron chi connectivity index (χ3n) is 2.23. The molecule has 0 rings (SSSR count). The first kappa shape index (κ1) is 13.5. The van der Waals surface area contributed by atoms with Crippen LogP contribution in [0.3, 0.4) is 0 Å². The van der Waals surface area contributed by atoms with Gasteiger partial charge in [0.25, 0.3) is 0 Å². The Morgan fingerprint density at radius 2 is 2.00 bits per heavy atom. The van der Waals surface area contributed by atoms with Gasteiger partial charge in [0.05, 0.1) is 4.75 Å². The van der Waals surface area contributed by atoms with Crippen molar-refractivity contribution in [2.75, 3.05) is 19.3 Å². The van der Waals surface area contributed by atoms with Crippen LogP contribution in [0.1, 0.15) is 26.7 Å². The van der Waals surface area contributed by atoms with E-state index in [4.69, 9.17) is 6.42 Å². The summed E-state index contributed by atoms with van der Waals surface area (Å²) in [6, 6.07) is 0. The van der Waals surface area contributed by atoms with Crippen molar-refractivity contribution < 1.29 is 8.42 Å². The number of rotatable bonds is 6. The van der Waals surface area contributed by atoms with E-state index in [1.807, 2.05) is 0 Å². The first-order chi connectivity index (χ1) is 6.31. The maximum absolute atomic E-state index is 11.3. The van der Waals surface area contributed by atoms with E-state index in [0.717, 1.165) is 19.4 Å². The Balaban J connectivity index is 3.85. The third-order valence-corrected chi connectivity index (χ3v) is 4.38. The highest BCUT2D eigenvalue weighted by atomic mass is 32.2. The molecule has 0 unspecified atom stereocenters. The van der Waals surface area contributed by atoms with Crippen LogP contribution in [0.4, 0.5) is 0 Å². The normalized spacial score (nSPS) is 12.4. The molecule has 0 aromatic carbocycles. The van der Waals surface area contributed by atoms with Gasteiger partial charge in [0.2, 0.25) is 0 Å². The minimum atomic E-state index is -3.00. The smallest absolute Gasteiger partial charge is 0.153 e. The van der Waals surface area contributed by atoms with Gasteiger partial charge in [-0.25, -0.2) is 8.42 Å². The molecule has 0 radical (unpaired) electrons. The van der Waals surface area contributed by atoms with E-state index in [9.17, 15) is 8.42 Å². The van der Waals surface area contributed by atoms with Crippen LogP contribution in [0.5, 0.6) is 0 Å². The van der Waals surface area contributed by atoms with Gasteiger partial charge in [-0.2, -0.15) is 0 Å². The number of nitrogens with one attached hydrogen (secondary N) is 1. The number of hydrogen-bond acceptors (Lipinski definition) is 3. The van der Waals surface area contributed by atoms with E-state index in [2.05, 4.69) is 11.2 Å². The Morgan fingerprint density at radius 1 is 1.43 bits per heavy atom. The molecule has 0 aromatic rings. The molecular weight excluding hydrogens is 198 g/mol. The van der Waals surface area contributed by atoms with Crippen molar-refractivity contribution in [2.45, 2.75) is 31.4 Å². The van der Waals surface area contributed by atoms with E-state index in [1.165, 1.54) is 6.26 Å². The summed E-state index contributed by atoms with van der Waals surface area (Å²) < 4.78 is 21.9. The zero-order valence-electron chi connectivity index (χ0n) is 9.13. The van der Waals surface area contributed by atoms with Crippen molar-refractivity contribution in [1.82, 2.24) is 5.32 Å². The van der Waals surface area contributed by atoms with Crippen LogP contribution < -0.4 is 5.32 Å². The summed E-state index contributed by atoms with van der Waals surface area (Å²) in [6.45, 7) is 4.67. The Morgan fingerprint density at radius 3 is 2.43 bits per heavy atom. The molecule has 0 saturated heterocycles. The van der Waals surface area contributed by atoms with Crippen molar-refractivity contribution in [3.63, 3.8) is 0 Å². The first-order valence-electron chi connectivity index (χ1n) is 4.65. The summed E-state index contributed by atoms with van der Waals surface area (Å²) in [5, 5.41) is 3.09. The number of sulfone groups is 1. The van der Waals surface area contributed by atoms with Crippen LogP contribution >= 0.6 is 0 Å². The van der Waals surface area contributed by atoms with Gasteiger partial charge in [0, 0.05) is 19.2 Å². The van der Waals surface area contributed by atoms with Gasteiger partial charge in [-0.1, -0.05) is 0 Å². The maximum Gasteiger partial charge on any atom is 0.153 e. The predicted octanol–water partition coefficient (Wildman–Crippen LogP) is 0.813. The number of terminal acetylenes is 1. The average molecular weight is 217 g/mol. The monoisotopic (exact) mass is 217 g/mol. The summed E-state index contributed by atoms with van der Waals surface area (Å²) in [7, 11) is -3.00. The van der Waals surface area contributed by atoms with E-state index >= 15 is 0 Å². The largest absolute Gasteiger partial charge is 0.315 e. The van der Waals surface area contributed by atoms with E-state index < -0.39 is 14.6 Å². The van der Waals surface area contributed by atoms with Crippen LogP contribution in [0, 0.1) is 12.3 Å². The second-order valence-electron chi connectivity index (χ2n) is 4.02. The van der Waals surface area contributed by atoms with Crippen LogP contribution in [0.2, 0.25) is 0 Å². The van der Waals surface area contributed by atoms with E-state index in [-0.39, 0.29) is 0 Å². The fraction of sp³-hybridized carbons (Fsp3) is 0.800. The summed E-state index contributed by atoms with van der Waals surface area (Å²) in [4.78, 5) is 0. The van der Waals surface area contributed by atoms with E-state index in [1.54, 1.807) is 13.8 Å². The molecule has 0 aliphatic heterocycles. The summed E-state index contributed by atoms with van der Waals surface area (Å²) >= 11 is 0. The lowest BCUT2D eigenvalue weighted by molar-refractivity contribution is 0.519. The second kappa shape index (κ2) is 5.38. The highest BCUT2D eigenvalue weighted by Crippen LogP contribution is 2.13. The molecule has 0 fully saturated rings. The van der Waals surface area contributed by atoms with Gasteiger partial charge in [-0.3, -0.25) is 0 Å². The van der Waals surface area contributed by atoms with Gasteiger partial charge < -0.3 is 5.32 Å². The molecule has 3 nitrogen and oxygen atoms in total. The molecule has 4 heteroatoms. The number of hydrogen-bond donors (Lipinski definition) is 1. The molecule has 1 N–H and O–H groups in total. The van der Waals surface area contributed by atoms with Crippen molar-refractivity contribution in [2.24, 2.45) is 0 Å². The fourth-order valence-corrected chi connectivity index (χ4v) is 1.20. The van der Waals surface area contributed by atoms with Gasteiger partial charge >= 0.3 is 0 Å². The summed E-state index contributed by atoms with van der Waals surface area (Å²) in [6.07, 6.45) is 7.97. The van der Waals surface area contributed by atoms with Crippen molar-refractivity contribution in [1.29, 1.82) is 0 Å². The molecule has 0 aliphatic rings. The third kappa shape index (κ3) is 4.64. The number of unbranched alkanes of at least 4 members (excludes halogenated alkanes) is 1. The minimum absolute atomic E-state index is 0.469. The van der Waals surface area contributed by atoms with Crippen LogP contribution in [-0.2, 0) is 9.84 Å². The van der Waals surface area contributed by atoms with Crippen LogP contribution in [0.25, 0.3) is 0 Å². The second-order valence-corrected chi connectivity index (χ2v) is 6.67. The standard InChI is InChI=1S/C10H19NO2S/c1-5-6-7-8-11-9-10(2,3)14(4,12)13/h1,11H,6-9H2,2-4H3. The highest BCUT2D eigenvalue weighted by Gasteiger charge is 2.29. The molecular formula is C10H19NO2S. The molecule has 82 valence electrons. The molecule has 0 aromatic heterocycles. The molecule has 0 aliphatic carbocycles. The SMILES string of the molecule is C#CCCCNCC(C)(C)S(C)(=O)=O. The molecule has 0 saturated carbocycles. The van der Waals surface area contributed by atoms with Gasteiger partial charge in [-0.15, -0.1) is 12.3 Å². The fourth-order valence-electron chi connectivity index (χ4n) is 0.836. The molecule has 0 heterocycles. The Hall–Kier alpha value is -0.530. The van der Waals surface area contributed by atoms with Gasteiger partial charge in [0.1, 0.15) is 0 Å². The first-order valence-corrected chi connectivity index (χ1v) is 6.54. The van der Waals surface area contributed by atoms with Crippen molar-refractivity contribution in [3.05, 3.63) is 0 Å². The molecule has 0 amide bonds. The quantitative estimate of drug-likeness (QED) is 0.529. The van der Waals surface area contributed by atoms with Gasteiger partial charge in [0.15, 0.2) is 9.84 Å². The predicted molar refractivity (Wildman–Crippen MR) is 59.9 cm³/mol. The van der Waals surface area contributed by atoms with Crippen LogP contribution in [-0.4, -0.2) is 32.5 Å². The Bertz CT molecular complexity index is 299. The lowest BCUT2D eigenvalue weighted by Crippen LogP contribution is -2.41. The average Bonchev–Trinajstić information content (AvgIpc) is 2.02. The van der Waals surface area contributed by atoms with Gasteiger partial charge in [-0.05, 0) is 26.8 Å². The van der Waals surface area contributed by atoms with Crippen molar-refractivity contribution in [3.8, 4) is 12.3 Å². The Kier molecular flexibility index (Phi) is 5.17. The Labute approximate surface area is 87.2 Å². The minimum Gasteiger partial charge on any atom is -0.315 e. The van der Waals surface area contributed by atoms with E-state index in [0.29, 0.717) is 6.54 Å². The zero-order valence-corrected chi connectivity index (χ0v) is 9.95. The lowest BCUT2D eigenvalue weighted by atomic mass is 10.2. The highest BCUT2D eigenvalue weighted by molar-refractivity contribution is 7.92. The maximum atomic E-state index is 11.3. The molecule has 0 spiro atoms. The molecule has 0 bridgehead atoms. The molecule has 14 heavy (non-hydrogen) atoms. The topological polar surface area (TPSA) is 46.2 Å².